The molecule has 1 aliphatic rings. The van der Waals surface area contributed by atoms with E-state index >= 15 is 0 Å². The molecule has 0 radical (unpaired) electrons. The predicted molar refractivity (Wildman–Crippen MR) is 86.6 cm³/mol. The zero-order chi connectivity index (χ0) is 15.0. The van der Waals surface area contributed by atoms with Gasteiger partial charge in [-0.05, 0) is 58.5 Å². The lowest BCUT2D eigenvalue weighted by Gasteiger charge is -2.37. The number of benzene rings is 1. The molecule has 3 rings (SSSR count). The molecule has 1 saturated carbocycles. The van der Waals surface area contributed by atoms with E-state index in [1.807, 2.05) is 5.38 Å². The molecule has 21 heavy (non-hydrogen) atoms. The van der Waals surface area contributed by atoms with Crippen LogP contribution in [0.15, 0.2) is 29.6 Å². The van der Waals surface area contributed by atoms with E-state index in [1.165, 1.54) is 23.5 Å². The van der Waals surface area contributed by atoms with Crippen LogP contribution in [0.3, 0.4) is 0 Å². The van der Waals surface area contributed by atoms with Crippen LogP contribution in [0.1, 0.15) is 34.7 Å². The average Bonchev–Trinajstić information content (AvgIpc) is 2.84. The highest BCUT2D eigenvalue weighted by Crippen LogP contribution is 2.38. The monoisotopic (exact) mass is 419 g/mol. The van der Waals surface area contributed by atoms with Gasteiger partial charge in [-0.3, -0.25) is 4.79 Å². The van der Waals surface area contributed by atoms with Gasteiger partial charge in [-0.1, -0.05) is 6.07 Å². The predicted octanol–water partition coefficient (Wildman–Crippen LogP) is 4.31. The van der Waals surface area contributed by atoms with Crippen molar-refractivity contribution in [3.8, 4) is 0 Å². The highest BCUT2D eigenvalue weighted by Gasteiger charge is 2.35. The van der Waals surface area contributed by atoms with Crippen molar-refractivity contribution in [3.63, 3.8) is 0 Å². The first-order chi connectivity index (χ1) is 10.1. The summed E-state index contributed by atoms with van der Waals surface area (Å²) in [4.78, 5) is 12.2. The molecule has 1 N–H and O–H groups in total. The number of hydrogen-bond acceptors (Lipinski definition) is 2. The van der Waals surface area contributed by atoms with Crippen LogP contribution >= 0.6 is 33.9 Å². The van der Waals surface area contributed by atoms with Crippen LogP contribution in [0.2, 0.25) is 0 Å². The second-order valence-electron chi connectivity index (χ2n) is 5.04. The van der Waals surface area contributed by atoms with Crippen LogP contribution < -0.4 is 5.32 Å². The van der Waals surface area contributed by atoms with Crippen molar-refractivity contribution in [2.75, 3.05) is 0 Å². The lowest BCUT2D eigenvalue weighted by molar-refractivity contribution is 0.0903. The van der Waals surface area contributed by atoms with Crippen molar-refractivity contribution >= 4 is 39.8 Å². The Balaban J connectivity index is 1.73. The molecule has 1 aliphatic carbocycles. The first kappa shape index (κ1) is 14.9. The maximum Gasteiger partial charge on any atom is 0.253 e. The van der Waals surface area contributed by atoms with E-state index in [-0.39, 0.29) is 17.9 Å². The molecule has 2 atom stereocenters. The lowest BCUT2D eigenvalue weighted by atomic mass is 9.74. The molecule has 0 spiro atoms. The van der Waals surface area contributed by atoms with E-state index in [9.17, 15) is 13.6 Å². The van der Waals surface area contributed by atoms with Gasteiger partial charge in [-0.15, -0.1) is 11.3 Å². The average molecular weight is 419 g/mol. The molecular weight excluding hydrogens is 407 g/mol. The standard InChI is InChI=1S/C15H12F2INOS/c16-8-1-2-9(12(17)7-8)10-3-4-13(10)19-15(20)11-5-6-21-14(11)18/h1-2,5-7,10,13H,3-4H2,(H,19,20)/t10-,13-/m0/s1. The first-order valence-corrected chi connectivity index (χ1v) is 8.51. The summed E-state index contributed by atoms with van der Waals surface area (Å²) in [6.07, 6.45) is 1.61. The minimum absolute atomic E-state index is 0.0779. The van der Waals surface area contributed by atoms with Gasteiger partial charge in [0.25, 0.3) is 5.91 Å². The second kappa shape index (κ2) is 6.00. The molecule has 110 valence electrons. The zero-order valence-electron chi connectivity index (χ0n) is 10.9. The van der Waals surface area contributed by atoms with Crippen LogP contribution in [0.4, 0.5) is 8.78 Å². The van der Waals surface area contributed by atoms with Crippen LogP contribution in [0, 0.1) is 14.5 Å². The number of thiophene rings is 1. The Kier molecular flexibility index (Phi) is 4.26. The van der Waals surface area contributed by atoms with Crippen LogP contribution in [0.5, 0.6) is 0 Å². The fraction of sp³-hybridized carbons (Fsp3) is 0.267. The molecule has 1 aromatic carbocycles. The number of carbonyl (C=O) groups is 1. The van der Waals surface area contributed by atoms with E-state index in [0.29, 0.717) is 11.1 Å². The van der Waals surface area contributed by atoms with Crippen LogP contribution in [-0.4, -0.2) is 11.9 Å². The lowest BCUT2D eigenvalue weighted by Crippen LogP contribution is -2.45. The molecule has 1 amide bonds. The zero-order valence-corrected chi connectivity index (χ0v) is 13.9. The number of carbonyl (C=O) groups excluding carboxylic acids is 1. The number of rotatable bonds is 3. The fourth-order valence-electron chi connectivity index (χ4n) is 2.55. The normalized spacial score (nSPS) is 20.9. The third-order valence-corrected chi connectivity index (χ3v) is 5.86. The number of nitrogens with one attached hydrogen (secondary N) is 1. The Morgan fingerprint density at radius 2 is 2.10 bits per heavy atom. The maximum absolute atomic E-state index is 13.8. The van der Waals surface area contributed by atoms with Gasteiger partial charge in [0.15, 0.2) is 0 Å². The van der Waals surface area contributed by atoms with Gasteiger partial charge < -0.3 is 5.32 Å². The Morgan fingerprint density at radius 3 is 2.67 bits per heavy atom. The summed E-state index contributed by atoms with van der Waals surface area (Å²) < 4.78 is 27.7. The second-order valence-corrected chi connectivity index (χ2v) is 7.76. The van der Waals surface area contributed by atoms with Crippen LogP contribution in [0.25, 0.3) is 0 Å². The number of halogens is 3. The van der Waals surface area contributed by atoms with E-state index in [0.717, 1.165) is 21.8 Å². The topological polar surface area (TPSA) is 29.1 Å². The van der Waals surface area contributed by atoms with Gasteiger partial charge >= 0.3 is 0 Å². The molecule has 2 aromatic rings. The van der Waals surface area contributed by atoms with Crippen molar-refractivity contribution in [2.24, 2.45) is 0 Å². The fourth-order valence-corrected chi connectivity index (χ4v) is 4.03. The Bertz CT molecular complexity index is 688. The molecule has 0 aliphatic heterocycles. The summed E-state index contributed by atoms with van der Waals surface area (Å²) in [7, 11) is 0. The quantitative estimate of drug-likeness (QED) is 0.739. The van der Waals surface area contributed by atoms with Crippen molar-refractivity contribution in [2.45, 2.75) is 24.8 Å². The van der Waals surface area contributed by atoms with Gasteiger partial charge in [0.05, 0.1) is 8.45 Å². The summed E-state index contributed by atoms with van der Waals surface area (Å²) in [5, 5.41) is 4.82. The highest BCUT2D eigenvalue weighted by atomic mass is 127. The van der Waals surface area contributed by atoms with Gasteiger partial charge in [0, 0.05) is 18.0 Å². The third-order valence-electron chi connectivity index (χ3n) is 3.82. The van der Waals surface area contributed by atoms with E-state index in [2.05, 4.69) is 27.9 Å². The van der Waals surface area contributed by atoms with Gasteiger partial charge in [-0.2, -0.15) is 0 Å². The molecule has 6 heteroatoms. The van der Waals surface area contributed by atoms with E-state index in [4.69, 9.17) is 0 Å². The molecule has 1 fully saturated rings. The minimum Gasteiger partial charge on any atom is -0.349 e. The minimum atomic E-state index is -0.580. The van der Waals surface area contributed by atoms with Gasteiger partial charge in [-0.25, -0.2) is 8.78 Å². The van der Waals surface area contributed by atoms with Crippen molar-refractivity contribution in [3.05, 3.63) is 55.3 Å². The molecule has 1 aromatic heterocycles. The Hall–Kier alpha value is -1.02. The number of hydrogen-bond donors (Lipinski definition) is 1. The Morgan fingerprint density at radius 1 is 1.29 bits per heavy atom. The van der Waals surface area contributed by atoms with E-state index in [1.54, 1.807) is 6.07 Å². The van der Waals surface area contributed by atoms with Gasteiger partial charge in [0.1, 0.15) is 11.6 Å². The third kappa shape index (κ3) is 2.96. The highest BCUT2D eigenvalue weighted by molar-refractivity contribution is 14.1. The number of amides is 1. The Labute approximate surface area is 138 Å². The summed E-state index contributed by atoms with van der Waals surface area (Å²) in [5.74, 6) is -1.32. The molecule has 0 bridgehead atoms. The van der Waals surface area contributed by atoms with Crippen molar-refractivity contribution in [1.29, 1.82) is 0 Å². The molecule has 1 heterocycles. The maximum atomic E-state index is 13.8. The van der Waals surface area contributed by atoms with Gasteiger partial charge in [0.2, 0.25) is 0 Å². The smallest absolute Gasteiger partial charge is 0.253 e. The molecular formula is C15H12F2INOS. The SMILES string of the molecule is O=C(N[C@H]1CC[C@H]1c1ccc(F)cc1F)c1ccsc1I. The van der Waals surface area contributed by atoms with E-state index < -0.39 is 11.6 Å². The summed E-state index contributed by atoms with van der Waals surface area (Å²) >= 11 is 3.64. The van der Waals surface area contributed by atoms with Crippen molar-refractivity contribution in [1.82, 2.24) is 5.32 Å². The summed E-state index contributed by atoms with van der Waals surface area (Å²) in [6, 6.07) is 5.33. The summed E-state index contributed by atoms with van der Waals surface area (Å²) in [5.41, 5.74) is 1.14. The largest absolute Gasteiger partial charge is 0.349 e. The first-order valence-electron chi connectivity index (χ1n) is 6.55. The van der Waals surface area contributed by atoms with Crippen LogP contribution in [-0.2, 0) is 0 Å². The molecule has 2 nitrogen and oxygen atoms in total. The summed E-state index contributed by atoms with van der Waals surface area (Å²) in [6.45, 7) is 0. The molecule has 0 unspecified atom stereocenters. The molecule has 0 saturated heterocycles. The van der Waals surface area contributed by atoms with Crippen molar-refractivity contribution < 1.29 is 13.6 Å².